The summed E-state index contributed by atoms with van der Waals surface area (Å²) in [7, 11) is 0. The molecule has 2 rings (SSSR count). The van der Waals surface area contributed by atoms with Crippen molar-refractivity contribution in [2.24, 2.45) is 0 Å². The predicted molar refractivity (Wildman–Crippen MR) is 101 cm³/mol. The number of nitro groups is 1. The van der Waals surface area contributed by atoms with Gasteiger partial charge in [0.1, 0.15) is 5.75 Å². The molecule has 0 unspecified atom stereocenters. The summed E-state index contributed by atoms with van der Waals surface area (Å²) < 4.78 is 11.9. The second kappa shape index (κ2) is 8.77. The zero-order valence-corrected chi connectivity index (χ0v) is 16.2. The highest BCUT2D eigenvalue weighted by molar-refractivity contribution is 9.11. The molecule has 0 heterocycles. The molecule has 0 atom stereocenters. The first kappa shape index (κ1) is 19.1. The van der Waals surface area contributed by atoms with Crippen LogP contribution in [-0.4, -0.2) is 17.5 Å². The average molecular weight is 471 g/mol. The van der Waals surface area contributed by atoms with Gasteiger partial charge < -0.3 is 9.47 Å². The quantitative estimate of drug-likeness (QED) is 0.241. The largest absolute Gasteiger partial charge is 0.463 e. The normalized spacial score (nSPS) is 10.7. The zero-order valence-electron chi connectivity index (χ0n) is 13.1. The van der Waals surface area contributed by atoms with Gasteiger partial charge in [0.2, 0.25) is 0 Å². The first-order valence-corrected chi connectivity index (χ1v) is 8.75. The van der Waals surface area contributed by atoms with Crippen molar-refractivity contribution in [2.75, 3.05) is 6.61 Å². The van der Waals surface area contributed by atoms with Crippen molar-refractivity contribution in [1.29, 1.82) is 0 Å². The van der Waals surface area contributed by atoms with Crippen LogP contribution in [0.15, 0.2) is 51.4 Å². The Bertz CT molecular complexity index is 795. The van der Waals surface area contributed by atoms with Crippen LogP contribution < -0.4 is 4.74 Å². The molecule has 0 fully saturated rings. The van der Waals surface area contributed by atoms with Crippen LogP contribution >= 0.6 is 31.9 Å². The van der Waals surface area contributed by atoms with Gasteiger partial charge in [-0.3, -0.25) is 10.1 Å². The number of benzene rings is 2. The van der Waals surface area contributed by atoms with Crippen LogP contribution in [0.2, 0.25) is 0 Å². The fraction of sp³-hybridized carbons (Fsp3) is 0.118. The van der Waals surface area contributed by atoms with E-state index in [4.69, 9.17) is 9.47 Å². The molecule has 0 amide bonds. The number of nitrogens with zero attached hydrogens (tertiary/aromatic N) is 1. The summed E-state index contributed by atoms with van der Waals surface area (Å²) in [5, 5.41) is 10.7. The Morgan fingerprint density at radius 1 is 1.20 bits per heavy atom. The third kappa shape index (κ3) is 5.40. The number of nitro benzene ring substituents is 1. The molecule has 0 saturated carbocycles. The van der Waals surface area contributed by atoms with Gasteiger partial charge in [-0.2, -0.15) is 0 Å². The van der Waals surface area contributed by atoms with E-state index in [2.05, 4.69) is 31.9 Å². The third-order valence-corrected chi connectivity index (χ3v) is 4.16. The van der Waals surface area contributed by atoms with Crippen molar-refractivity contribution in [3.63, 3.8) is 0 Å². The molecule has 0 spiro atoms. The Morgan fingerprint density at radius 3 is 2.32 bits per heavy atom. The topological polar surface area (TPSA) is 78.7 Å². The zero-order chi connectivity index (χ0) is 18.4. The Balaban J connectivity index is 2.19. The Morgan fingerprint density at radius 2 is 1.80 bits per heavy atom. The second-order valence-corrected chi connectivity index (χ2v) is 6.46. The number of ether oxygens (including phenoxy) is 2. The fourth-order valence-electron chi connectivity index (χ4n) is 1.88. The van der Waals surface area contributed by atoms with E-state index in [0.717, 1.165) is 5.56 Å². The van der Waals surface area contributed by atoms with Crippen LogP contribution in [0.4, 0.5) is 5.69 Å². The van der Waals surface area contributed by atoms with Crippen molar-refractivity contribution >= 4 is 49.6 Å². The van der Waals surface area contributed by atoms with Crippen LogP contribution in [-0.2, 0) is 9.53 Å². The summed E-state index contributed by atoms with van der Waals surface area (Å²) in [6.45, 7) is 2.06. The lowest BCUT2D eigenvalue weighted by atomic mass is 10.2. The van der Waals surface area contributed by atoms with Gasteiger partial charge in [-0.05, 0) is 74.7 Å². The van der Waals surface area contributed by atoms with E-state index in [-0.39, 0.29) is 5.69 Å². The SMILES string of the molecule is CCOC(=O)C=Cc1cc(Br)c(Oc2ccc([N+](=O)[O-])cc2)c(Br)c1. The number of hydrogen-bond acceptors (Lipinski definition) is 5. The van der Waals surface area contributed by atoms with Crippen molar-refractivity contribution in [1.82, 2.24) is 0 Å². The number of non-ortho nitro benzene ring substituents is 1. The van der Waals surface area contributed by atoms with Crippen LogP contribution in [0.3, 0.4) is 0 Å². The van der Waals surface area contributed by atoms with E-state index in [1.54, 1.807) is 25.1 Å². The lowest BCUT2D eigenvalue weighted by molar-refractivity contribution is -0.384. The van der Waals surface area contributed by atoms with E-state index in [1.807, 2.05) is 0 Å². The Labute approximate surface area is 160 Å². The van der Waals surface area contributed by atoms with E-state index in [9.17, 15) is 14.9 Å². The number of esters is 1. The first-order chi connectivity index (χ1) is 11.9. The van der Waals surface area contributed by atoms with E-state index < -0.39 is 10.9 Å². The molecule has 0 aromatic heterocycles. The van der Waals surface area contributed by atoms with Crippen molar-refractivity contribution in [3.05, 3.63) is 67.1 Å². The molecule has 0 aliphatic carbocycles. The maximum atomic E-state index is 11.4. The van der Waals surface area contributed by atoms with Gasteiger partial charge in [-0.25, -0.2) is 4.79 Å². The summed E-state index contributed by atoms with van der Waals surface area (Å²) >= 11 is 6.84. The number of halogens is 2. The molecule has 0 radical (unpaired) electrons. The summed E-state index contributed by atoms with van der Waals surface area (Å²) in [5.41, 5.74) is 0.757. The fourth-order valence-corrected chi connectivity index (χ4v) is 3.27. The summed E-state index contributed by atoms with van der Waals surface area (Å²) in [5.74, 6) is 0.560. The van der Waals surface area contributed by atoms with Crippen LogP contribution in [0, 0.1) is 10.1 Å². The maximum Gasteiger partial charge on any atom is 0.330 e. The van der Waals surface area contributed by atoms with Gasteiger partial charge in [-0.15, -0.1) is 0 Å². The van der Waals surface area contributed by atoms with Gasteiger partial charge in [0.05, 0.1) is 20.5 Å². The van der Waals surface area contributed by atoms with Gasteiger partial charge in [-0.1, -0.05) is 0 Å². The molecule has 0 N–H and O–H groups in total. The smallest absolute Gasteiger partial charge is 0.330 e. The van der Waals surface area contributed by atoms with Gasteiger partial charge >= 0.3 is 5.97 Å². The second-order valence-electron chi connectivity index (χ2n) is 4.75. The molecule has 2 aromatic carbocycles. The summed E-state index contributed by atoms with van der Waals surface area (Å²) in [4.78, 5) is 21.6. The molecule has 0 bridgehead atoms. The minimum Gasteiger partial charge on any atom is -0.463 e. The Kier molecular flexibility index (Phi) is 6.72. The molecule has 6 nitrogen and oxygen atoms in total. The third-order valence-electron chi connectivity index (χ3n) is 2.99. The number of carbonyl (C=O) groups excluding carboxylic acids is 1. The maximum absolute atomic E-state index is 11.4. The van der Waals surface area contributed by atoms with Gasteiger partial charge in [0.15, 0.2) is 5.75 Å². The molecule has 0 aliphatic heterocycles. The van der Waals surface area contributed by atoms with Crippen LogP contribution in [0.25, 0.3) is 6.08 Å². The molecular weight excluding hydrogens is 458 g/mol. The van der Waals surface area contributed by atoms with E-state index >= 15 is 0 Å². The van der Waals surface area contributed by atoms with Crippen LogP contribution in [0.1, 0.15) is 12.5 Å². The summed E-state index contributed by atoms with van der Waals surface area (Å²) in [6, 6.07) is 9.33. The van der Waals surface area contributed by atoms with E-state index in [0.29, 0.717) is 27.1 Å². The lowest BCUT2D eigenvalue weighted by Crippen LogP contribution is -1.98. The molecule has 2 aromatic rings. The van der Waals surface area contributed by atoms with E-state index in [1.165, 1.54) is 30.3 Å². The monoisotopic (exact) mass is 469 g/mol. The van der Waals surface area contributed by atoms with Crippen molar-refractivity contribution in [2.45, 2.75) is 6.92 Å². The highest BCUT2D eigenvalue weighted by Gasteiger charge is 2.11. The lowest BCUT2D eigenvalue weighted by Gasteiger charge is -2.11. The van der Waals surface area contributed by atoms with Crippen molar-refractivity contribution < 1.29 is 19.2 Å². The molecular formula is C17H13Br2NO5. The number of hydrogen-bond donors (Lipinski definition) is 0. The molecule has 0 aliphatic rings. The Hall–Kier alpha value is -2.19. The van der Waals surface area contributed by atoms with Crippen LogP contribution in [0.5, 0.6) is 11.5 Å². The minimum absolute atomic E-state index is 0.00932. The standard InChI is InChI=1S/C17H13Br2NO5/c1-2-24-16(21)8-3-11-9-14(18)17(15(19)10-11)25-13-6-4-12(5-7-13)20(22)23/h3-10H,2H2,1H3. The van der Waals surface area contributed by atoms with Gasteiger partial charge in [0.25, 0.3) is 5.69 Å². The highest BCUT2D eigenvalue weighted by Crippen LogP contribution is 2.38. The molecule has 130 valence electrons. The summed E-state index contributed by atoms with van der Waals surface area (Å²) in [6.07, 6.45) is 2.97. The molecule has 8 heteroatoms. The number of carbonyl (C=O) groups is 1. The predicted octanol–water partition coefficient (Wildman–Crippen LogP) is 5.49. The van der Waals surface area contributed by atoms with Gasteiger partial charge in [0, 0.05) is 18.2 Å². The average Bonchev–Trinajstić information content (AvgIpc) is 2.57. The molecule has 0 saturated heterocycles. The van der Waals surface area contributed by atoms with Crippen molar-refractivity contribution in [3.8, 4) is 11.5 Å². The first-order valence-electron chi connectivity index (χ1n) is 7.17. The minimum atomic E-state index is -0.472. The number of rotatable bonds is 6. The molecule has 25 heavy (non-hydrogen) atoms. The highest BCUT2D eigenvalue weighted by atomic mass is 79.9.